The Morgan fingerprint density at radius 2 is 2.27 bits per heavy atom. The molecule has 0 spiro atoms. The van der Waals surface area contributed by atoms with Gasteiger partial charge in [0.05, 0.1) is 11.5 Å². The van der Waals surface area contributed by atoms with E-state index in [9.17, 15) is 10.1 Å². The van der Waals surface area contributed by atoms with Gasteiger partial charge in [0, 0.05) is 48.0 Å². The number of nitrogens with zero attached hydrogens (tertiary/aromatic N) is 2. The molecule has 3 rings (SSSR count). The number of hydrogen-bond donors (Lipinski definition) is 1. The highest BCUT2D eigenvalue weighted by Gasteiger charge is 2.31. The van der Waals surface area contributed by atoms with Gasteiger partial charge in [-0.2, -0.15) is 0 Å². The highest BCUT2D eigenvalue weighted by atomic mass is 32.1. The van der Waals surface area contributed by atoms with Crippen LogP contribution in [0.3, 0.4) is 0 Å². The van der Waals surface area contributed by atoms with Crippen molar-refractivity contribution >= 4 is 22.7 Å². The Hall–Kier alpha value is -1.96. The van der Waals surface area contributed by atoms with E-state index in [0.717, 1.165) is 24.3 Å². The van der Waals surface area contributed by atoms with Crippen molar-refractivity contribution in [3.05, 3.63) is 56.3 Å². The second-order valence-electron chi connectivity index (χ2n) is 6.76. The number of methoxy groups -OCH3 is 1. The standard InChI is InChI=1S/C19H25N3O3S/c1-21-9-3-5-14(19(21)18-6-4-10-26-18)12-20-17-8-7-16(22(23)24)11-15(17)13-25-2/h4,6-8,10-11,14,19-20H,3,5,9,12-13H2,1-2H3. The maximum atomic E-state index is 11.0. The number of likely N-dealkylation sites (tertiary alicyclic amines) is 1. The molecule has 6 nitrogen and oxygen atoms in total. The van der Waals surface area contributed by atoms with Gasteiger partial charge in [-0.05, 0) is 49.9 Å². The summed E-state index contributed by atoms with van der Waals surface area (Å²) in [6, 6.07) is 9.67. The van der Waals surface area contributed by atoms with E-state index in [4.69, 9.17) is 4.74 Å². The van der Waals surface area contributed by atoms with Crippen molar-refractivity contribution in [1.82, 2.24) is 4.90 Å². The van der Waals surface area contributed by atoms with Crippen LogP contribution in [0.2, 0.25) is 0 Å². The van der Waals surface area contributed by atoms with Gasteiger partial charge in [-0.15, -0.1) is 11.3 Å². The lowest BCUT2D eigenvalue weighted by Crippen LogP contribution is -2.38. The molecule has 26 heavy (non-hydrogen) atoms. The maximum absolute atomic E-state index is 11.0. The fraction of sp³-hybridized carbons (Fsp3) is 0.474. The van der Waals surface area contributed by atoms with Crippen molar-refractivity contribution in [2.45, 2.75) is 25.5 Å². The summed E-state index contributed by atoms with van der Waals surface area (Å²) in [5.41, 5.74) is 1.82. The molecule has 1 aromatic heterocycles. The third-order valence-corrected chi connectivity index (χ3v) is 5.94. The number of non-ortho nitro benzene ring substituents is 1. The molecule has 0 saturated carbocycles. The van der Waals surface area contributed by atoms with E-state index in [1.165, 1.54) is 17.7 Å². The monoisotopic (exact) mass is 375 g/mol. The second-order valence-corrected chi connectivity index (χ2v) is 7.73. The molecule has 2 heterocycles. The molecular weight excluding hydrogens is 350 g/mol. The van der Waals surface area contributed by atoms with E-state index in [1.54, 1.807) is 25.3 Å². The summed E-state index contributed by atoms with van der Waals surface area (Å²) in [6.07, 6.45) is 2.36. The highest BCUT2D eigenvalue weighted by molar-refractivity contribution is 7.10. The van der Waals surface area contributed by atoms with E-state index >= 15 is 0 Å². The van der Waals surface area contributed by atoms with E-state index in [2.05, 4.69) is 34.8 Å². The molecule has 0 bridgehead atoms. The Balaban J connectivity index is 1.75. The van der Waals surface area contributed by atoms with Crippen LogP contribution in [0.5, 0.6) is 0 Å². The Bertz CT molecular complexity index is 736. The summed E-state index contributed by atoms with van der Waals surface area (Å²) in [7, 11) is 3.80. The zero-order valence-corrected chi connectivity index (χ0v) is 16.0. The zero-order chi connectivity index (χ0) is 18.5. The SMILES string of the molecule is COCc1cc([N+](=O)[O-])ccc1NCC1CCCN(C)C1c1cccs1. The Kier molecular flexibility index (Phi) is 6.24. The minimum absolute atomic E-state index is 0.0939. The fourth-order valence-electron chi connectivity index (χ4n) is 3.76. The summed E-state index contributed by atoms with van der Waals surface area (Å²) in [5, 5.41) is 16.7. The lowest BCUT2D eigenvalue weighted by atomic mass is 9.88. The van der Waals surface area contributed by atoms with Gasteiger partial charge >= 0.3 is 0 Å². The molecule has 1 saturated heterocycles. The number of anilines is 1. The first-order chi connectivity index (χ1) is 12.6. The van der Waals surface area contributed by atoms with Crippen LogP contribution in [0.1, 0.15) is 29.3 Å². The topological polar surface area (TPSA) is 67.6 Å². The number of nitro benzene ring substituents is 1. The number of ether oxygens (including phenoxy) is 1. The number of piperidine rings is 1. The lowest BCUT2D eigenvalue weighted by Gasteiger charge is -2.39. The van der Waals surface area contributed by atoms with Gasteiger partial charge in [0.15, 0.2) is 0 Å². The lowest BCUT2D eigenvalue weighted by molar-refractivity contribution is -0.384. The molecular formula is C19H25N3O3S. The zero-order valence-electron chi connectivity index (χ0n) is 15.2. The molecule has 1 N–H and O–H groups in total. The van der Waals surface area contributed by atoms with Crippen LogP contribution in [0.4, 0.5) is 11.4 Å². The van der Waals surface area contributed by atoms with Crippen molar-refractivity contribution < 1.29 is 9.66 Å². The maximum Gasteiger partial charge on any atom is 0.269 e. The molecule has 7 heteroatoms. The fourth-order valence-corrected chi connectivity index (χ4v) is 4.75. The molecule has 0 radical (unpaired) electrons. The molecule has 0 aliphatic carbocycles. The molecule has 2 unspecified atom stereocenters. The molecule has 0 amide bonds. The summed E-state index contributed by atoms with van der Waals surface area (Å²) >= 11 is 1.81. The Morgan fingerprint density at radius 1 is 1.42 bits per heavy atom. The molecule has 140 valence electrons. The predicted octanol–water partition coefficient (Wildman–Crippen LogP) is 4.30. The van der Waals surface area contributed by atoms with Gasteiger partial charge in [-0.3, -0.25) is 15.0 Å². The minimum Gasteiger partial charge on any atom is -0.384 e. The van der Waals surface area contributed by atoms with E-state index in [0.29, 0.717) is 18.6 Å². The summed E-state index contributed by atoms with van der Waals surface area (Å²) in [4.78, 5) is 14.5. The van der Waals surface area contributed by atoms with E-state index in [-0.39, 0.29) is 10.6 Å². The van der Waals surface area contributed by atoms with E-state index in [1.807, 2.05) is 11.3 Å². The highest BCUT2D eigenvalue weighted by Crippen LogP contribution is 2.37. The number of hydrogen-bond acceptors (Lipinski definition) is 6. The average molecular weight is 375 g/mol. The van der Waals surface area contributed by atoms with Crippen molar-refractivity contribution in [3.8, 4) is 0 Å². The first-order valence-corrected chi connectivity index (χ1v) is 9.72. The molecule has 1 aliphatic rings. The predicted molar refractivity (Wildman–Crippen MR) is 105 cm³/mol. The van der Waals surface area contributed by atoms with Gasteiger partial charge in [0.25, 0.3) is 5.69 Å². The number of benzene rings is 1. The molecule has 2 atom stereocenters. The Labute approximate surface area is 157 Å². The largest absolute Gasteiger partial charge is 0.384 e. The number of thiophene rings is 1. The van der Waals surface area contributed by atoms with Crippen molar-refractivity contribution in [3.63, 3.8) is 0 Å². The van der Waals surface area contributed by atoms with Crippen molar-refractivity contribution in [2.24, 2.45) is 5.92 Å². The normalized spacial score (nSPS) is 20.8. The molecule has 1 aromatic carbocycles. The van der Waals surface area contributed by atoms with Crippen LogP contribution >= 0.6 is 11.3 Å². The number of rotatable bonds is 7. The first kappa shape index (κ1) is 18.8. The van der Waals surface area contributed by atoms with Crippen molar-refractivity contribution in [1.29, 1.82) is 0 Å². The van der Waals surface area contributed by atoms with Crippen molar-refractivity contribution in [2.75, 3.05) is 32.6 Å². The van der Waals surface area contributed by atoms with Gasteiger partial charge in [-0.25, -0.2) is 0 Å². The smallest absolute Gasteiger partial charge is 0.269 e. The first-order valence-electron chi connectivity index (χ1n) is 8.84. The van der Waals surface area contributed by atoms with Gasteiger partial charge in [0.1, 0.15) is 0 Å². The van der Waals surface area contributed by atoms with E-state index < -0.39 is 0 Å². The third-order valence-electron chi connectivity index (χ3n) is 5.00. The summed E-state index contributed by atoms with van der Waals surface area (Å²) in [6.45, 7) is 2.30. The van der Waals surface area contributed by atoms with Gasteiger partial charge in [0.2, 0.25) is 0 Å². The second kappa shape index (κ2) is 8.62. The van der Waals surface area contributed by atoms with Crippen LogP contribution in [0, 0.1) is 16.0 Å². The van der Waals surface area contributed by atoms with Crippen LogP contribution in [-0.2, 0) is 11.3 Å². The molecule has 1 fully saturated rings. The van der Waals surface area contributed by atoms with Gasteiger partial charge in [-0.1, -0.05) is 6.07 Å². The van der Waals surface area contributed by atoms with Gasteiger partial charge < -0.3 is 10.1 Å². The van der Waals surface area contributed by atoms with Crippen LogP contribution in [0.15, 0.2) is 35.7 Å². The third kappa shape index (κ3) is 4.23. The average Bonchev–Trinajstić information content (AvgIpc) is 3.15. The number of nitro groups is 1. The Morgan fingerprint density at radius 3 is 2.96 bits per heavy atom. The summed E-state index contributed by atoms with van der Waals surface area (Å²) < 4.78 is 5.22. The minimum atomic E-state index is -0.369. The number of nitrogens with one attached hydrogen (secondary N) is 1. The molecule has 1 aliphatic heterocycles. The molecule has 2 aromatic rings. The quantitative estimate of drug-likeness (QED) is 0.577. The van der Waals surface area contributed by atoms with Crippen LogP contribution < -0.4 is 5.32 Å². The summed E-state index contributed by atoms with van der Waals surface area (Å²) in [5.74, 6) is 0.498. The van der Waals surface area contributed by atoms with Crippen LogP contribution in [0.25, 0.3) is 0 Å². The van der Waals surface area contributed by atoms with Crippen LogP contribution in [-0.4, -0.2) is 37.1 Å².